The quantitative estimate of drug-likeness (QED) is 0.324. The molecule has 0 fully saturated rings. The summed E-state index contributed by atoms with van der Waals surface area (Å²) in [5.74, 6) is 0. The number of aliphatic imine (C=N–C) groups is 1. The van der Waals surface area contributed by atoms with Gasteiger partial charge in [0.05, 0.1) is 32.5 Å². The summed E-state index contributed by atoms with van der Waals surface area (Å²) in [4.78, 5) is 29.8. The number of carbonyl (C=O) groups excluding carboxylic acids is 1. The Morgan fingerprint density at radius 2 is 1.78 bits per heavy atom. The number of nitro groups is 1. The van der Waals surface area contributed by atoms with Crippen molar-refractivity contribution in [3.63, 3.8) is 0 Å². The second kappa shape index (κ2) is 9.60. The van der Waals surface area contributed by atoms with E-state index in [2.05, 4.69) is 10.3 Å². The van der Waals surface area contributed by atoms with Crippen LogP contribution in [0.1, 0.15) is 10.8 Å². The molecule has 10 heteroatoms. The average molecular weight is 487 g/mol. The minimum absolute atomic E-state index is 0.0322. The maximum absolute atomic E-state index is 13.2. The van der Waals surface area contributed by atoms with E-state index in [0.717, 1.165) is 5.56 Å². The Morgan fingerprint density at radius 1 is 1.06 bits per heavy atom. The monoisotopic (exact) mass is 486 g/mol. The van der Waals surface area contributed by atoms with Crippen LogP contribution in [0.3, 0.4) is 0 Å². The highest BCUT2D eigenvalue weighted by Gasteiger charge is 2.30. The van der Waals surface area contributed by atoms with E-state index < -0.39 is 11.0 Å². The zero-order valence-electron chi connectivity index (χ0n) is 16.4. The summed E-state index contributed by atoms with van der Waals surface area (Å²) in [6.07, 6.45) is 0. The van der Waals surface area contributed by atoms with Gasteiger partial charge in [0.2, 0.25) is 0 Å². The molecule has 7 nitrogen and oxygen atoms in total. The van der Waals surface area contributed by atoms with Crippen LogP contribution in [0, 0.1) is 10.1 Å². The van der Waals surface area contributed by atoms with Crippen LogP contribution in [0.15, 0.2) is 77.8 Å². The van der Waals surface area contributed by atoms with Gasteiger partial charge in [-0.05, 0) is 35.9 Å². The molecule has 1 aliphatic heterocycles. The number of amides is 2. The molecule has 1 atom stereocenters. The van der Waals surface area contributed by atoms with Crippen molar-refractivity contribution in [3.05, 3.63) is 98.5 Å². The first-order valence-corrected chi connectivity index (χ1v) is 11.1. The zero-order valence-corrected chi connectivity index (χ0v) is 18.8. The second-order valence-corrected chi connectivity index (χ2v) is 8.79. The average Bonchev–Trinajstić information content (AvgIpc) is 3.27. The maximum atomic E-state index is 13.2. The molecule has 3 aromatic carbocycles. The molecule has 3 aromatic rings. The van der Waals surface area contributed by atoms with Crippen molar-refractivity contribution >= 4 is 63.2 Å². The maximum Gasteiger partial charge on any atom is 0.332 e. The Bertz CT molecular complexity index is 1190. The number of urea groups is 1. The smallest absolute Gasteiger partial charge is 0.307 e. The first kappa shape index (κ1) is 22.1. The summed E-state index contributed by atoms with van der Waals surface area (Å²) in [5, 5.41) is 14.9. The third kappa shape index (κ3) is 4.88. The summed E-state index contributed by atoms with van der Waals surface area (Å²) < 4.78 is 0. The Labute approximate surface area is 198 Å². The number of nitrogens with one attached hydrogen (secondary N) is 1. The van der Waals surface area contributed by atoms with Crippen molar-refractivity contribution in [3.8, 4) is 0 Å². The van der Waals surface area contributed by atoms with Gasteiger partial charge in [0.15, 0.2) is 5.17 Å². The summed E-state index contributed by atoms with van der Waals surface area (Å²) in [6, 6.07) is 20.0. The molecule has 1 heterocycles. The third-order valence-corrected chi connectivity index (χ3v) is 6.66. The van der Waals surface area contributed by atoms with Gasteiger partial charge in [0.1, 0.15) is 0 Å². The summed E-state index contributed by atoms with van der Waals surface area (Å²) in [6.45, 7) is 0.446. The van der Waals surface area contributed by atoms with Crippen LogP contribution in [0.4, 0.5) is 21.9 Å². The van der Waals surface area contributed by atoms with E-state index in [-0.39, 0.29) is 10.9 Å². The molecular weight excluding hydrogens is 471 g/mol. The summed E-state index contributed by atoms with van der Waals surface area (Å²) >= 11 is 13.5. The topological polar surface area (TPSA) is 87.8 Å². The fraction of sp³-hybridized carbons (Fsp3) is 0.0909. The molecule has 0 bridgehead atoms. The van der Waals surface area contributed by atoms with Gasteiger partial charge < -0.3 is 5.32 Å². The van der Waals surface area contributed by atoms with Gasteiger partial charge in [-0.1, -0.05) is 65.3 Å². The third-order valence-electron chi connectivity index (χ3n) is 4.70. The molecule has 0 aliphatic carbocycles. The van der Waals surface area contributed by atoms with Crippen LogP contribution in [-0.2, 0) is 0 Å². The molecule has 162 valence electrons. The zero-order chi connectivity index (χ0) is 22.7. The second-order valence-electron chi connectivity index (χ2n) is 6.81. The highest BCUT2D eigenvalue weighted by Crippen LogP contribution is 2.38. The van der Waals surface area contributed by atoms with Crippen LogP contribution < -0.4 is 10.2 Å². The highest BCUT2D eigenvalue weighted by molar-refractivity contribution is 8.14. The number of thioether (sulfide) groups is 1. The minimum atomic E-state index is -0.433. The molecule has 1 aliphatic rings. The number of halogens is 2. The van der Waals surface area contributed by atoms with Gasteiger partial charge in [-0.2, -0.15) is 0 Å². The van der Waals surface area contributed by atoms with Gasteiger partial charge in [-0.3, -0.25) is 15.1 Å². The van der Waals surface area contributed by atoms with Crippen LogP contribution >= 0.6 is 35.0 Å². The van der Waals surface area contributed by atoms with E-state index >= 15 is 0 Å². The number of benzene rings is 3. The van der Waals surface area contributed by atoms with Crippen molar-refractivity contribution in [2.24, 2.45) is 4.99 Å². The van der Waals surface area contributed by atoms with Crippen LogP contribution in [0.25, 0.3) is 0 Å². The standard InChI is InChI=1S/C22H16Cl2N4O3S/c23-18-11-8-15(12-19(18)24)26-21(29)27(16-4-2-1-3-5-16)22-25-13-20(32-22)14-6-9-17(10-7-14)28(30)31/h1-12,20H,13H2,(H,26,29). The van der Waals surface area contributed by atoms with E-state index in [1.807, 2.05) is 30.3 Å². The molecule has 4 rings (SSSR count). The predicted molar refractivity (Wildman–Crippen MR) is 130 cm³/mol. The van der Waals surface area contributed by atoms with Crippen LogP contribution in [0.5, 0.6) is 0 Å². The lowest BCUT2D eigenvalue weighted by molar-refractivity contribution is -0.384. The number of non-ortho nitro benzene ring substituents is 1. The van der Waals surface area contributed by atoms with E-state index in [1.165, 1.54) is 28.8 Å². The number of nitrogens with zero attached hydrogens (tertiary/aromatic N) is 3. The fourth-order valence-corrected chi connectivity index (χ4v) is 4.55. The number of hydrogen-bond acceptors (Lipinski definition) is 5. The van der Waals surface area contributed by atoms with Crippen LogP contribution in [-0.4, -0.2) is 22.7 Å². The van der Waals surface area contributed by atoms with Crippen molar-refractivity contribution in [2.45, 2.75) is 5.25 Å². The molecule has 0 saturated carbocycles. The molecule has 32 heavy (non-hydrogen) atoms. The molecule has 0 aromatic heterocycles. The minimum Gasteiger partial charge on any atom is -0.307 e. The molecule has 0 radical (unpaired) electrons. The van der Waals surface area contributed by atoms with E-state index in [0.29, 0.717) is 33.1 Å². The van der Waals surface area contributed by atoms with Gasteiger partial charge >= 0.3 is 6.03 Å². The molecule has 2 amide bonds. The number of nitro benzene ring substituents is 1. The Kier molecular flexibility index (Phi) is 6.64. The predicted octanol–water partition coefficient (Wildman–Crippen LogP) is 6.78. The van der Waals surface area contributed by atoms with Gasteiger partial charge in [-0.25, -0.2) is 9.69 Å². The Balaban J connectivity index is 1.56. The largest absolute Gasteiger partial charge is 0.332 e. The number of anilines is 2. The molecule has 1 N–H and O–H groups in total. The lowest BCUT2D eigenvalue weighted by Crippen LogP contribution is -2.38. The van der Waals surface area contributed by atoms with E-state index in [1.54, 1.807) is 30.3 Å². The Hall–Kier alpha value is -3.07. The lowest BCUT2D eigenvalue weighted by atomic mass is 10.1. The van der Waals surface area contributed by atoms with E-state index in [9.17, 15) is 14.9 Å². The number of hydrogen-bond donors (Lipinski definition) is 1. The molecule has 1 unspecified atom stereocenters. The van der Waals surface area contributed by atoms with Gasteiger partial charge in [0, 0.05) is 17.8 Å². The number of para-hydroxylation sites is 1. The number of carbonyl (C=O) groups is 1. The number of amidine groups is 1. The van der Waals surface area contributed by atoms with Crippen molar-refractivity contribution in [1.82, 2.24) is 0 Å². The normalized spacial score (nSPS) is 15.2. The highest BCUT2D eigenvalue weighted by atomic mass is 35.5. The first-order valence-electron chi connectivity index (χ1n) is 9.49. The van der Waals surface area contributed by atoms with Crippen molar-refractivity contribution in [1.29, 1.82) is 0 Å². The number of rotatable bonds is 4. The van der Waals surface area contributed by atoms with Crippen molar-refractivity contribution in [2.75, 3.05) is 16.8 Å². The van der Waals surface area contributed by atoms with Gasteiger partial charge in [0.25, 0.3) is 5.69 Å². The summed E-state index contributed by atoms with van der Waals surface area (Å²) in [7, 11) is 0. The Morgan fingerprint density at radius 3 is 2.44 bits per heavy atom. The SMILES string of the molecule is O=C(Nc1ccc(Cl)c(Cl)c1)N(C1=NCC(c2ccc([N+](=O)[O-])cc2)S1)c1ccccc1. The molecule has 0 saturated heterocycles. The van der Waals surface area contributed by atoms with E-state index in [4.69, 9.17) is 23.2 Å². The van der Waals surface area contributed by atoms with Crippen LogP contribution in [0.2, 0.25) is 10.0 Å². The first-order chi connectivity index (χ1) is 15.4. The van der Waals surface area contributed by atoms with Crippen molar-refractivity contribution < 1.29 is 9.72 Å². The summed E-state index contributed by atoms with van der Waals surface area (Å²) in [5.41, 5.74) is 2.09. The molecular formula is C22H16Cl2N4O3S. The molecule has 0 spiro atoms. The lowest BCUT2D eigenvalue weighted by Gasteiger charge is -2.23. The fourth-order valence-electron chi connectivity index (χ4n) is 3.12. The van der Waals surface area contributed by atoms with Gasteiger partial charge in [-0.15, -0.1) is 0 Å².